The van der Waals surface area contributed by atoms with Gasteiger partial charge in [0, 0.05) is 0 Å². The van der Waals surface area contributed by atoms with Gasteiger partial charge in [-0.15, -0.1) is 0 Å². The van der Waals surface area contributed by atoms with Crippen LogP contribution >= 0.6 is 0 Å². The fraction of sp³-hybridized carbons (Fsp3) is 1.00. The van der Waals surface area contributed by atoms with Crippen LogP contribution in [0.15, 0.2) is 0 Å². The van der Waals surface area contributed by atoms with Gasteiger partial charge in [0.25, 0.3) is 0 Å². The maximum Gasteiger partial charge on any atom is -0.0383 e. The summed E-state index contributed by atoms with van der Waals surface area (Å²) in [4.78, 5) is 0. The van der Waals surface area contributed by atoms with Crippen molar-refractivity contribution in [3.63, 3.8) is 0 Å². The minimum absolute atomic E-state index is 1.03. The molecule has 0 heteroatoms. The van der Waals surface area contributed by atoms with E-state index in [-0.39, 0.29) is 0 Å². The molecule has 82 valence electrons. The second-order valence-electron chi connectivity index (χ2n) is 5.78. The Morgan fingerprint density at radius 1 is 0.643 bits per heavy atom. The molecule has 0 bridgehead atoms. The zero-order valence-electron chi connectivity index (χ0n) is 9.80. The van der Waals surface area contributed by atoms with E-state index in [2.05, 4.69) is 6.92 Å². The molecule has 0 saturated heterocycles. The Balaban J connectivity index is 1.90. The van der Waals surface area contributed by atoms with Gasteiger partial charge in [0.05, 0.1) is 0 Å². The zero-order chi connectivity index (χ0) is 9.80. The lowest BCUT2D eigenvalue weighted by Crippen LogP contribution is -2.23. The molecule has 2 fully saturated rings. The molecule has 2 saturated carbocycles. The molecule has 0 nitrogen and oxygen atoms in total. The normalized spacial score (nSPS) is 40.5. The van der Waals surface area contributed by atoms with E-state index in [1.807, 2.05) is 0 Å². The Bertz CT molecular complexity index is 161. The third kappa shape index (κ3) is 2.74. The number of hydrogen-bond acceptors (Lipinski definition) is 0. The lowest BCUT2D eigenvalue weighted by Gasteiger charge is -2.34. The molecular weight excluding hydrogens is 168 g/mol. The van der Waals surface area contributed by atoms with Crippen LogP contribution < -0.4 is 0 Å². The largest absolute Gasteiger partial charge is 0.0625 e. The number of rotatable bonds is 0. The van der Waals surface area contributed by atoms with Crippen molar-refractivity contribution in [1.29, 1.82) is 0 Å². The molecule has 2 rings (SSSR count). The molecule has 14 heavy (non-hydrogen) atoms. The van der Waals surface area contributed by atoms with Gasteiger partial charge in [-0.3, -0.25) is 0 Å². The van der Waals surface area contributed by atoms with Crippen molar-refractivity contribution in [3.8, 4) is 0 Å². The van der Waals surface area contributed by atoms with Gasteiger partial charge in [0.2, 0.25) is 0 Å². The van der Waals surface area contributed by atoms with Gasteiger partial charge in [0.15, 0.2) is 0 Å². The molecule has 0 N–H and O–H groups in total. The van der Waals surface area contributed by atoms with Crippen molar-refractivity contribution in [3.05, 3.63) is 0 Å². The third-order valence-corrected chi connectivity index (χ3v) is 4.55. The topological polar surface area (TPSA) is 0 Å². The summed E-state index contributed by atoms with van der Waals surface area (Å²) in [5, 5.41) is 0. The standard InChI is InChI=1S/C14H26/c1-12-9-10-13-7-5-3-2-4-6-8-14(13)11-12/h12-14H,2-11H2,1H3/t12-,13?,14?/m0/s1. The molecule has 0 radical (unpaired) electrons. The van der Waals surface area contributed by atoms with Crippen LogP contribution in [0.4, 0.5) is 0 Å². The van der Waals surface area contributed by atoms with Crippen LogP contribution in [0.1, 0.15) is 71.1 Å². The van der Waals surface area contributed by atoms with E-state index < -0.39 is 0 Å². The maximum atomic E-state index is 2.46. The second kappa shape index (κ2) is 5.19. The monoisotopic (exact) mass is 194 g/mol. The van der Waals surface area contributed by atoms with Crippen molar-refractivity contribution >= 4 is 0 Å². The van der Waals surface area contributed by atoms with Crippen molar-refractivity contribution in [2.45, 2.75) is 71.1 Å². The minimum atomic E-state index is 1.03. The first-order valence-corrected chi connectivity index (χ1v) is 6.86. The lowest BCUT2D eigenvalue weighted by atomic mass is 9.71. The fourth-order valence-electron chi connectivity index (χ4n) is 3.64. The summed E-state index contributed by atoms with van der Waals surface area (Å²) in [6.45, 7) is 2.46. The smallest absolute Gasteiger partial charge is 0.0383 e. The molecule has 2 aliphatic rings. The summed E-state index contributed by atoms with van der Waals surface area (Å²) in [6.07, 6.45) is 15.3. The van der Waals surface area contributed by atoms with Gasteiger partial charge in [0.1, 0.15) is 0 Å². The second-order valence-corrected chi connectivity index (χ2v) is 5.78. The Kier molecular flexibility index (Phi) is 3.89. The summed E-state index contributed by atoms with van der Waals surface area (Å²) in [5.41, 5.74) is 0. The van der Waals surface area contributed by atoms with Crippen LogP contribution in [-0.4, -0.2) is 0 Å². The van der Waals surface area contributed by atoms with Gasteiger partial charge < -0.3 is 0 Å². The highest BCUT2D eigenvalue weighted by Gasteiger charge is 2.28. The van der Waals surface area contributed by atoms with E-state index >= 15 is 0 Å². The van der Waals surface area contributed by atoms with Crippen LogP contribution in [-0.2, 0) is 0 Å². The summed E-state index contributed by atoms with van der Waals surface area (Å²) in [5.74, 6) is 3.25. The Morgan fingerprint density at radius 2 is 1.29 bits per heavy atom. The molecule has 2 aliphatic carbocycles. The fourth-order valence-corrected chi connectivity index (χ4v) is 3.64. The SMILES string of the molecule is C[C@H]1CCC2CCCCCCCC2C1. The maximum absolute atomic E-state index is 2.46. The van der Waals surface area contributed by atoms with Crippen LogP contribution in [0.3, 0.4) is 0 Å². The van der Waals surface area contributed by atoms with Gasteiger partial charge >= 0.3 is 0 Å². The molecule has 0 heterocycles. The van der Waals surface area contributed by atoms with Crippen molar-refractivity contribution < 1.29 is 0 Å². The van der Waals surface area contributed by atoms with E-state index in [9.17, 15) is 0 Å². The summed E-state index contributed by atoms with van der Waals surface area (Å²) in [6, 6.07) is 0. The van der Waals surface area contributed by atoms with Gasteiger partial charge in [-0.1, -0.05) is 58.3 Å². The molecule has 0 amide bonds. The lowest BCUT2D eigenvalue weighted by molar-refractivity contribution is 0.167. The number of hydrogen-bond donors (Lipinski definition) is 0. The zero-order valence-corrected chi connectivity index (χ0v) is 9.80. The molecule has 0 aromatic rings. The van der Waals surface area contributed by atoms with E-state index in [1.165, 1.54) is 38.5 Å². The first-order valence-electron chi connectivity index (χ1n) is 6.86. The van der Waals surface area contributed by atoms with Crippen molar-refractivity contribution in [2.24, 2.45) is 17.8 Å². The summed E-state index contributed by atoms with van der Waals surface area (Å²) < 4.78 is 0. The molecule has 0 aromatic heterocycles. The highest BCUT2D eigenvalue weighted by Crippen LogP contribution is 2.40. The quantitative estimate of drug-likeness (QED) is 0.520. The molecule has 0 aromatic carbocycles. The van der Waals surface area contributed by atoms with Crippen LogP contribution in [0.2, 0.25) is 0 Å². The number of fused-ring (bicyclic) bond motifs is 1. The van der Waals surface area contributed by atoms with E-state index in [1.54, 1.807) is 25.7 Å². The Hall–Kier alpha value is 0. The van der Waals surface area contributed by atoms with E-state index in [0.717, 1.165) is 17.8 Å². The minimum Gasteiger partial charge on any atom is -0.0625 e. The molecule has 3 atom stereocenters. The van der Waals surface area contributed by atoms with Crippen molar-refractivity contribution in [1.82, 2.24) is 0 Å². The van der Waals surface area contributed by atoms with E-state index in [4.69, 9.17) is 0 Å². The van der Waals surface area contributed by atoms with Gasteiger partial charge in [-0.2, -0.15) is 0 Å². The van der Waals surface area contributed by atoms with Gasteiger partial charge in [-0.05, 0) is 30.6 Å². The molecular formula is C14H26. The van der Waals surface area contributed by atoms with Crippen molar-refractivity contribution in [2.75, 3.05) is 0 Å². The summed E-state index contributed by atoms with van der Waals surface area (Å²) >= 11 is 0. The van der Waals surface area contributed by atoms with Crippen LogP contribution in [0.5, 0.6) is 0 Å². The highest BCUT2D eigenvalue weighted by atomic mass is 14.3. The Labute approximate surface area is 89.5 Å². The average molecular weight is 194 g/mol. The van der Waals surface area contributed by atoms with Gasteiger partial charge in [-0.25, -0.2) is 0 Å². The van der Waals surface area contributed by atoms with Crippen LogP contribution in [0, 0.1) is 17.8 Å². The molecule has 2 unspecified atom stereocenters. The first-order chi connectivity index (χ1) is 6.86. The molecule has 0 spiro atoms. The first kappa shape index (κ1) is 10.5. The predicted octanol–water partition coefficient (Wildman–Crippen LogP) is 4.78. The van der Waals surface area contributed by atoms with E-state index in [0.29, 0.717) is 0 Å². The summed E-state index contributed by atoms with van der Waals surface area (Å²) in [7, 11) is 0. The Morgan fingerprint density at radius 3 is 2.07 bits per heavy atom. The average Bonchev–Trinajstić information content (AvgIpc) is 2.29. The van der Waals surface area contributed by atoms with Crippen LogP contribution in [0.25, 0.3) is 0 Å². The highest BCUT2D eigenvalue weighted by molar-refractivity contribution is 4.79. The molecule has 0 aliphatic heterocycles. The third-order valence-electron chi connectivity index (χ3n) is 4.55. The predicted molar refractivity (Wildman–Crippen MR) is 62.3 cm³/mol.